The number of para-hydroxylation sites is 1. The van der Waals surface area contributed by atoms with Crippen LogP contribution in [0.2, 0.25) is 0 Å². The molecule has 0 saturated carbocycles. The molecule has 0 atom stereocenters. The lowest BCUT2D eigenvalue weighted by atomic mass is 10.2. The molecule has 0 bridgehead atoms. The van der Waals surface area contributed by atoms with Gasteiger partial charge in [0.25, 0.3) is 0 Å². The Kier molecular flexibility index (Phi) is 3.78. The highest BCUT2D eigenvalue weighted by Crippen LogP contribution is 2.20. The Morgan fingerprint density at radius 1 is 1.21 bits per heavy atom. The van der Waals surface area contributed by atoms with Crippen LogP contribution in [0.5, 0.6) is 0 Å². The quantitative estimate of drug-likeness (QED) is 0.732. The van der Waals surface area contributed by atoms with Crippen LogP contribution in [-0.4, -0.2) is 45.9 Å². The third-order valence-corrected chi connectivity index (χ3v) is 5.00. The van der Waals surface area contributed by atoms with Gasteiger partial charge in [0.1, 0.15) is 13.1 Å². The standard InChI is InChI=1S/C17H16N4O2S/c22-15(11-19-7-5-13-3-1-2-4-14(13)19)20-8-9-21(16(23)12-20)17-18-6-10-24-17/h1-7,10H,8-9,11-12H2. The molecule has 0 aliphatic carbocycles. The summed E-state index contributed by atoms with van der Waals surface area (Å²) in [5, 5.41) is 3.65. The van der Waals surface area contributed by atoms with Gasteiger partial charge in [-0.3, -0.25) is 14.5 Å². The molecule has 1 aromatic carbocycles. The summed E-state index contributed by atoms with van der Waals surface area (Å²) in [5.41, 5.74) is 1.03. The fourth-order valence-electron chi connectivity index (χ4n) is 2.96. The van der Waals surface area contributed by atoms with E-state index in [9.17, 15) is 9.59 Å². The molecule has 3 aromatic rings. The first kappa shape index (κ1) is 14.9. The first-order valence-corrected chi connectivity index (χ1v) is 8.62. The number of nitrogens with zero attached hydrogens (tertiary/aromatic N) is 4. The second kappa shape index (κ2) is 6.09. The van der Waals surface area contributed by atoms with Crippen molar-refractivity contribution in [2.45, 2.75) is 6.54 Å². The molecule has 6 nitrogen and oxygen atoms in total. The van der Waals surface area contributed by atoms with Crippen molar-refractivity contribution in [3.8, 4) is 0 Å². The van der Waals surface area contributed by atoms with Gasteiger partial charge in [-0.25, -0.2) is 4.98 Å². The normalized spacial score (nSPS) is 15.2. The first-order valence-electron chi connectivity index (χ1n) is 7.74. The van der Waals surface area contributed by atoms with Crippen molar-refractivity contribution in [3.63, 3.8) is 0 Å². The maximum absolute atomic E-state index is 12.6. The van der Waals surface area contributed by atoms with Crippen LogP contribution in [0.4, 0.5) is 5.13 Å². The summed E-state index contributed by atoms with van der Waals surface area (Å²) in [7, 11) is 0. The van der Waals surface area contributed by atoms with Gasteiger partial charge in [-0.15, -0.1) is 11.3 Å². The van der Waals surface area contributed by atoms with Gasteiger partial charge in [0.05, 0.1) is 0 Å². The second-order valence-corrected chi connectivity index (χ2v) is 6.55. The smallest absolute Gasteiger partial charge is 0.248 e. The number of benzene rings is 1. The highest BCUT2D eigenvalue weighted by molar-refractivity contribution is 7.13. The maximum atomic E-state index is 12.6. The van der Waals surface area contributed by atoms with E-state index >= 15 is 0 Å². The Labute approximate surface area is 142 Å². The molecule has 0 radical (unpaired) electrons. The number of hydrogen-bond acceptors (Lipinski definition) is 4. The summed E-state index contributed by atoms with van der Waals surface area (Å²) in [6.07, 6.45) is 3.60. The van der Waals surface area contributed by atoms with Gasteiger partial charge in [0.15, 0.2) is 5.13 Å². The summed E-state index contributed by atoms with van der Waals surface area (Å²) in [6.45, 7) is 1.38. The van der Waals surface area contributed by atoms with Crippen LogP contribution < -0.4 is 4.90 Å². The highest BCUT2D eigenvalue weighted by Gasteiger charge is 2.29. The molecule has 0 N–H and O–H groups in total. The van der Waals surface area contributed by atoms with Gasteiger partial charge in [-0.1, -0.05) is 18.2 Å². The zero-order valence-electron chi connectivity index (χ0n) is 13.0. The average Bonchev–Trinajstić information content (AvgIpc) is 3.25. The van der Waals surface area contributed by atoms with E-state index in [-0.39, 0.29) is 24.9 Å². The molecule has 1 aliphatic heterocycles. The van der Waals surface area contributed by atoms with Crippen molar-refractivity contribution >= 4 is 39.2 Å². The molecular weight excluding hydrogens is 324 g/mol. The molecule has 1 aliphatic rings. The van der Waals surface area contributed by atoms with Crippen LogP contribution in [0.25, 0.3) is 10.9 Å². The Morgan fingerprint density at radius 3 is 2.88 bits per heavy atom. The van der Waals surface area contributed by atoms with Crippen LogP contribution in [0, 0.1) is 0 Å². The van der Waals surface area contributed by atoms with Crippen LogP contribution in [0.1, 0.15) is 0 Å². The molecule has 0 unspecified atom stereocenters. The molecule has 4 rings (SSSR count). The highest BCUT2D eigenvalue weighted by atomic mass is 32.1. The zero-order chi connectivity index (χ0) is 16.5. The number of hydrogen-bond donors (Lipinski definition) is 0. The fraction of sp³-hybridized carbons (Fsp3) is 0.235. The van der Waals surface area contributed by atoms with Gasteiger partial charge in [0, 0.05) is 36.4 Å². The second-order valence-electron chi connectivity index (χ2n) is 5.68. The van der Waals surface area contributed by atoms with E-state index in [1.54, 1.807) is 16.0 Å². The average molecular weight is 340 g/mol. The SMILES string of the molecule is O=C(Cn1ccc2ccccc21)N1CCN(c2nccs2)C(=O)C1. The van der Waals surface area contributed by atoms with Gasteiger partial charge >= 0.3 is 0 Å². The van der Waals surface area contributed by atoms with Gasteiger partial charge in [-0.2, -0.15) is 0 Å². The van der Waals surface area contributed by atoms with Crippen LogP contribution in [-0.2, 0) is 16.1 Å². The lowest BCUT2D eigenvalue weighted by Gasteiger charge is -2.33. The summed E-state index contributed by atoms with van der Waals surface area (Å²) >= 11 is 1.43. The van der Waals surface area contributed by atoms with Crippen molar-refractivity contribution in [3.05, 3.63) is 48.1 Å². The molecule has 1 fully saturated rings. The van der Waals surface area contributed by atoms with Crippen LogP contribution in [0.15, 0.2) is 48.1 Å². The summed E-state index contributed by atoms with van der Waals surface area (Å²) in [6, 6.07) is 9.94. The first-order chi connectivity index (χ1) is 11.7. The van der Waals surface area contributed by atoms with E-state index in [4.69, 9.17) is 0 Å². The monoisotopic (exact) mass is 340 g/mol. The molecule has 122 valence electrons. The van der Waals surface area contributed by atoms with E-state index < -0.39 is 0 Å². The molecule has 7 heteroatoms. The Balaban J connectivity index is 1.45. The lowest BCUT2D eigenvalue weighted by molar-refractivity contribution is -0.137. The minimum absolute atomic E-state index is 0.0384. The number of thiazole rings is 1. The van der Waals surface area contributed by atoms with Crippen molar-refractivity contribution in [1.29, 1.82) is 0 Å². The minimum atomic E-state index is -0.0816. The largest absolute Gasteiger partial charge is 0.338 e. The van der Waals surface area contributed by atoms with Crippen LogP contribution >= 0.6 is 11.3 Å². The van der Waals surface area contributed by atoms with Gasteiger partial charge in [-0.05, 0) is 17.5 Å². The predicted octanol–water partition coefficient (Wildman–Crippen LogP) is 1.97. The molecule has 2 amide bonds. The predicted molar refractivity (Wildman–Crippen MR) is 93.0 cm³/mol. The van der Waals surface area contributed by atoms with Crippen molar-refractivity contribution < 1.29 is 9.59 Å². The fourth-order valence-corrected chi connectivity index (χ4v) is 3.65. The number of rotatable bonds is 3. The van der Waals surface area contributed by atoms with Crippen LogP contribution in [0.3, 0.4) is 0 Å². The van der Waals surface area contributed by atoms with Gasteiger partial charge < -0.3 is 9.47 Å². The number of fused-ring (bicyclic) bond motifs is 1. The Bertz CT molecular complexity index is 887. The third kappa shape index (κ3) is 2.67. The summed E-state index contributed by atoms with van der Waals surface area (Å²) in [5.74, 6) is -0.120. The number of piperazine rings is 1. The Morgan fingerprint density at radius 2 is 2.08 bits per heavy atom. The zero-order valence-corrected chi connectivity index (χ0v) is 13.8. The van der Waals surface area contributed by atoms with Crippen molar-refractivity contribution in [2.24, 2.45) is 0 Å². The molecule has 2 aromatic heterocycles. The Hall–Kier alpha value is -2.67. The summed E-state index contributed by atoms with van der Waals surface area (Å²) in [4.78, 5) is 32.3. The number of anilines is 1. The van der Waals surface area contributed by atoms with E-state index in [1.165, 1.54) is 11.3 Å². The molecular formula is C17H16N4O2S. The van der Waals surface area contributed by atoms with E-state index in [0.29, 0.717) is 18.2 Å². The number of carbonyl (C=O) groups excluding carboxylic acids is 2. The van der Waals surface area contributed by atoms with E-state index in [1.807, 2.05) is 46.5 Å². The van der Waals surface area contributed by atoms with Crippen molar-refractivity contribution in [1.82, 2.24) is 14.5 Å². The molecule has 1 saturated heterocycles. The molecule has 3 heterocycles. The number of aromatic nitrogens is 2. The number of carbonyl (C=O) groups is 2. The van der Waals surface area contributed by atoms with E-state index in [0.717, 1.165) is 10.9 Å². The topological polar surface area (TPSA) is 58.4 Å². The van der Waals surface area contributed by atoms with Crippen molar-refractivity contribution in [2.75, 3.05) is 24.5 Å². The van der Waals surface area contributed by atoms with E-state index in [2.05, 4.69) is 4.98 Å². The third-order valence-electron chi connectivity index (χ3n) is 4.21. The summed E-state index contributed by atoms with van der Waals surface area (Å²) < 4.78 is 1.93. The molecule has 24 heavy (non-hydrogen) atoms. The lowest BCUT2D eigenvalue weighted by Crippen LogP contribution is -2.53. The molecule has 0 spiro atoms. The number of amides is 2. The minimum Gasteiger partial charge on any atom is -0.338 e. The van der Waals surface area contributed by atoms with Gasteiger partial charge in [0.2, 0.25) is 11.8 Å². The maximum Gasteiger partial charge on any atom is 0.248 e.